The molecule has 5 rings (SSSR count). The van der Waals surface area contributed by atoms with Crippen molar-refractivity contribution in [2.75, 3.05) is 5.32 Å². The first-order valence-corrected chi connectivity index (χ1v) is 12.2. The van der Waals surface area contributed by atoms with Gasteiger partial charge in [0, 0.05) is 16.3 Å². The quantitative estimate of drug-likeness (QED) is 0.371. The number of halogens is 1. The van der Waals surface area contributed by atoms with Crippen LogP contribution in [0.1, 0.15) is 10.6 Å². The summed E-state index contributed by atoms with van der Waals surface area (Å²) in [6, 6.07) is 24.2. The molecule has 0 unspecified atom stereocenters. The number of tetrazole rings is 1. The van der Waals surface area contributed by atoms with Crippen LogP contribution >= 0.6 is 11.6 Å². The van der Waals surface area contributed by atoms with E-state index in [0.717, 1.165) is 10.8 Å². The van der Waals surface area contributed by atoms with Gasteiger partial charge in [-0.25, -0.2) is 13.6 Å². The molecule has 0 aliphatic heterocycles. The first-order valence-electron chi connectivity index (χ1n) is 10.3. The van der Waals surface area contributed by atoms with E-state index in [9.17, 15) is 13.2 Å². The van der Waals surface area contributed by atoms with Crippen LogP contribution < -0.4 is 10.5 Å². The van der Waals surface area contributed by atoms with Crippen LogP contribution in [-0.2, 0) is 10.0 Å². The Labute approximate surface area is 205 Å². The smallest absolute Gasteiger partial charge is 0.295 e. The molecule has 0 saturated carbocycles. The number of fused-ring (bicyclic) bond motifs is 1. The van der Waals surface area contributed by atoms with E-state index in [1.165, 1.54) is 10.7 Å². The standard InChI is InChI=1S/C24H17ClN6O3S/c25-18-9-5-17-14-20(12-8-16(17)13-18)31-23(28-29-30-31)24(32)27-19-10-6-15(7-11-19)21-3-1-2-4-22(21)35(26,33)34/h1-14H,(H,27,32)(H2,26,33,34). The van der Waals surface area contributed by atoms with Crippen molar-refractivity contribution in [3.8, 4) is 16.8 Å². The van der Waals surface area contributed by atoms with Crippen molar-refractivity contribution in [1.29, 1.82) is 0 Å². The van der Waals surface area contributed by atoms with Crippen LogP contribution in [0.25, 0.3) is 27.6 Å². The van der Waals surface area contributed by atoms with Gasteiger partial charge in [0.2, 0.25) is 15.8 Å². The Bertz CT molecular complexity index is 1680. The minimum atomic E-state index is -3.89. The van der Waals surface area contributed by atoms with Gasteiger partial charge in [0.1, 0.15) is 0 Å². The van der Waals surface area contributed by atoms with Gasteiger partial charge < -0.3 is 5.32 Å². The zero-order valence-electron chi connectivity index (χ0n) is 18.0. The molecule has 0 aliphatic rings. The number of primary sulfonamides is 1. The molecule has 174 valence electrons. The van der Waals surface area contributed by atoms with Crippen molar-refractivity contribution >= 4 is 44.0 Å². The van der Waals surface area contributed by atoms with Crippen molar-refractivity contribution < 1.29 is 13.2 Å². The average molecular weight is 505 g/mol. The Morgan fingerprint density at radius 2 is 1.63 bits per heavy atom. The van der Waals surface area contributed by atoms with Gasteiger partial charge in [0.15, 0.2) is 0 Å². The summed E-state index contributed by atoms with van der Waals surface area (Å²) in [6.45, 7) is 0. The van der Waals surface area contributed by atoms with E-state index in [-0.39, 0.29) is 10.7 Å². The number of sulfonamides is 1. The van der Waals surface area contributed by atoms with Crippen LogP contribution in [0.4, 0.5) is 5.69 Å². The number of nitrogens with one attached hydrogen (secondary N) is 1. The Morgan fingerprint density at radius 3 is 2.40 bits per heavy atom. The fraction of sp³-hybridized carbons (Fsp3) is 0. The molecule has 35 heavy (non-hydrogen) atoms. The first-order chi connectivity index (χ1) is 16.8. The van der Waals surface area contributed by atoms with E-state index in [4.69, 9.17) is 16.7 Å². The lowest BCUT2D eigenvalue weighted by Gasteiger charge is -2.10. The molecular weight excluding hydrogens is 488 g/mol. The number of aromatic nitrogens is 4. The van der Waals surface area contributed by atoms with E-state index in [0.29, 0.717) is 27.5 Å². The maximum atomic E-state index is 12.9. The minimum Gasteiger partial charge on any atom is -0.319 e. The highest BCUT2D eigenvalue weighted by atomic mass is 35.5. The maximum Gasteiger partial charge on any atom is 0.295 e. The Kier molecular flexibility index (Phi) is 5.77. The lowest BCUT2D eigenvalue weighted by atomic mass is 10.1. The number of nitrogens with zero attached hydrogens (tertiary/aromatic N) is 4. The second kappa shape index (κ2) is 8.91. The van der Waals surface area contributed by atoms with Gasteiger partial charge in [-0.2, -0.15) is 4.68 Å². The van der Waals surface area contributed by atoms with Crippen LogP contribution in [0, 0.1) is 0 Å². The number of hydrogen-bond acceptors (Lipinski definition) is 6. The summed E-state index contributed by atoms with van der Waals surface area (Å²) in [6.07, 6.45) is 0. The number of nitrogens with two attached hydrogens (primary N) is 1. The van der Waals surface area contributed by atoms with E-state index in [1.807, 2.05) is 24.3 Å². The minimum absolute atomic E-state index is 0.00182. The predicted octanol–water partition coefficient (Wildman–Crippen LogP) is 4.04. The highest BCUT2D eigenvalue weighted by Gasteiger charge is 2.18. The van der Waals surface area contributed by atoms with Gasteiger partial charge in [0.25, 0.3) is 5.91 Å². The number of carbonyl (C=O) groups excluding carboxylic acids is 1. The van der Waals surface area contributed by atoms with Gasteiger partial charge in [-0.05, 0) is 69.2 Å². The molecule has 0 fully saturated rings. The molecule has 4 aromatic carbocycles. The summed E-state index contributed by atoms with van der Waals surface area (Å²) in [4.78, 5) is 13.0. The first kappa shape index (κ1) is 22.7. The van der Waals surface area contributed by atoms with Crippen LogP contribution in [0.3, 0.4) is 0 Å². The molecule has 0 radical (unpaired) electrons. The third-order valence-electron chi connectivity index (χ3n) is 5.35. The van der Waals surface area contributed by atoms with Crippen LogP contribution in [0.15, 0.2) is 89.8 Å². The summed E-state index contributed by atoms with van der Waals surface area (Å²) in [5.41, 5.74) is 2.20. The van der Waals surface area contributed by atoms with Gasteiger partial charge in [0.05, 0.1) is 10.6 Å². The van der Waals surface area contributed by atoms with Crippen molar-refractivity contribution in [3.63, 3.8) is 0 Å². The SMILES string of the molecule is NS(=O)(=O)c1ccccc1-c1ccc(NC(=O)c2nnnn2-c2ccc3cc(Cl)ccc3c2)cc1. The molecular formula is C24H17ClN6O3S. The molecule has 5 aromatic rings. The molecule has 1 heterocycles. The van der Waals surface area contributed by atoms with Crippen LogP contribution in [-0.4, -0.2) is 34.5 Å². The lowest BCUT2D eigenvalue weighted by Crippen LogP contribution is -2.18. The molecule has 0 atom stereocenters. The average Bonchev–Trinajstić information content (AvgIpc) is 3.34. The maximum absolute atomic E-state index is 12.9. The summed E-state index contributed by atoms with van der Waals surface area (Å²) in [5, 5.41) is 22.1. The van der Waals surface area contributed by atoms with E-state index < -0.39 is 15.9 Å². The summed E-state index contributed by atoms with van der Waals surface area (Å²) >= 11 is 6.05. The summed E-state index contributed by atoms with van der Waals surface area (Å²) in [7, 11) is -3.89. The van der Waals surface area contributed by atoms with Crippen molar-refractivity contribution in [3.05, 3.63) is 95.8 Å². The molecule has 0 saturated heterocycles. The van der Waals surface area contributed by atoms with Gasteiger partial charge >= 0.3 is 0 Å². The second-order valence-corrected chi connectivity index (χ2v) is 9.63. The molecule has 3 N–H and O–H groups in total. The second-order valence-electron chi connectivity index (χ2n) is 7.66. The summed E-state index contributed by atoms with van der Waals surface area (Å²) < 4.78 is 25.1. The Morgan fingerprint density at radius 1 is 0.914 bits per heavy atom. The van der Waals surface area contributed by atoms with Gasteiger partial charge in [-0.1, -0.05) is 54.1 Å². The van der Waals surface area contributed by atoms with Crippen molar-refractivity contribution in [2.24, 2.45) is 5.14 Å². The molecule has 0 aliphatic carbocycles. The number of anilines is 1. The number of hydrogen-bond donors (Lipinski definition) is 2. The molecule has 1 amide bonds. The van der Waals surface area contributed by atoms with Crippen LogP contribution in [0.5, 0.6) is 0 Å². The normalized spacial score (nSPS) is 11.5. The number of carbonyl (C=O) groups is 1. The Balaban J connectivity index is 1.40. The van der Waals surface area contributed by atoms with Gasteiger partial charge in [-0.3, -0.25) is 4.79 Å². The molecule has 11 heteroatoms. The predicted molar refractivity (Wildman–Crippen MR) is 133 cm³/mol. The number of benzene rings is 4. The third-order valence-corrected chi connectivity index (χ3v) is 6.55. The molecule has 0 bridgehead atoms. The summed E-state index contributed by atoms with van der Waals surface area (Å²) in [5.74, 6) is -0.508. The molecule has 0 spiro atoms. The van der Waals surface area contributed by atoms with Crippen LogP contribution in [0.2, 0.25) is 5.02 Å². The highest BCUT2D eigenvalue weighted by molar-refractivity contribution is 7.89. The topological polar surface area (TPSA) is 133 Å². The molecule has 1 aromatic heterocycles. The monoisotopic (exact) mass is 504 g/mol. The zero-order valence-corrected chi connectivity index (χ0v) is 19.5. The fourth-order valence-corrected chi connectivity index (χ4v) is 4.65. The lowest BCUT2D eigenvalue weighted by molar-refractivity contribution is 0.101. The third kappa shape index (κ3) is 4.62. The Hall–Kier alpha value is -4.12. The van der Waals surface area contributed by atoms with E-state index in [2.05, 4.69) is 20.8 Å². The largest absolute Gasteiger partial charge is 0.319 e. The highest BCUT2D eigenvalue weighted by Crippen LogP contribution is 2.28. The zero-order chi connectivity index (χ0) is 24.6. The van der Waals surface area contributed by atoms with Gasteiger partial charge in [-0.15, -0.1) is 5.10 Å². The number of amides is 1. The van der Waals surface area contributed by atoms with Crippen molar-refractivity contribution in [2.45, 2.75) is 4.90 Å². The van der Waals surface area contributed by atoms with E-state index >= 15 is 0 Å². The fourth-order valence-electron chi connectivity index (χ4n) is 3.71. The van der Waals surface area contributed by atoms with Crippen molar-refractivity contribution in [1.82, 2.24) is 20.2 Å². The molecule has 9 nitrogen and oxygen atoms in total. The number of rotatable bonds is 5. The van der Waals surface area contributed by atoms with E-state index in [1.54, 1.807) is 54.6 Å².